The molecule has 0 radical (unpaired) electrons. The van der Waals surface area contributed by atoms with Gasteiger partial charge in [-0.3, -0.25) is 0 Å². The molecule has 0 bridgehead atoms. The second kappa shape index (κ2) is 9.89. The lowest BCUT2D eigenvalue weighted by atomic mass is 9.82. The molecule has 1 heteroatoms. The Morgan fingerprint density at radius 1 is 0.405 bits per heavy atom. The maximum absolute atomic E-state index is 7.00. The smallest absolute Gasteiger partial charge is 0.0358 e. The average molecular weight is 477 g/mol. The molecule has 1 N–H and O–H groups in total. The highest BCUT2D eigenvalue weighted by Gasteiger charge is 2.31. The van der Waals surface area contributed by atoms with Crippen molar-refractivity contribution in [2.45, 2.75) is 5.92 Å². The number of hydrogen-bond donors (Lipinski definition) is 1. The lowest BCUT2D eigenvalue weighted by Crippen LogP contribution is -2.02. The van der Waals surface area contributed by atoms with Gasteiger partial charge in [0.25, 0.3) is 0 Å². The third-order valence-electron chi connectivity index (χ3n) is 7.39. The third-order valence-corrected chi connectivity index (χ3v) is 7.39. The van der Waals surface area contributed by atoms with Crippen LogP contribution in [0.25, 0.3) is 44.2 Å². The van der Waals surface area contributed by atoms with E-state index in [1.807, 2.05) is 0 Å². The van der Waals surface area contributed by atoms with Crippen LogP contribution in [0.1, 0.15) is 22.6 Å². The van der Waals surface area contributed by atoms with Gasteiger partial charge < -0.3 is 5.11 Å². The van der Waals surface area contributed by atoms with Gasteiger partial charge in [-0.1, -0.05) is 140 Å². The fourth-order valence-electron chi connectivity index (χ4n) is 5.80. The molecule has 0 heterocycles. The molecule has 1 nitrogen and oxygen atoms in total. The molecule has 0 saturated carbocycles. The second-order valence-corrected chi connectivity index (χ2v) is 9.30. The van der Waals surface area contributed by atoms with Crippen LogP contribution in [0.3, 0.4) is 0 Å². The first-order chi connectivity index (χ1) is 18.4. The molecule has 6 aromatic rings. The van der Waals surface area contributed by atoms with E-state index >= 15 is 0 Å². The molecule has 0 spiro atoms. The average Bonchev–Trinajstić information content (AvgIpc) is 3.32. The maximum atomic E-state index is 7.00. The highest BCUT2D eigenvalue weighted by Crippen LogP contribution is 2.51. The molecule has 0 fully saturated rings. The number of aliphatic hydroxyl groups excluding tert-OH is 1. The summed E-state index contributed by atoms with van der Waals surface area (Å²) in [7, 11) is 1.00. The fraction of sp³-hybridized carbons (Fsp3) is 0.0556. The normalized spacial score (nSPS) is 11.9. The molecule has 0 unspecified atom stereocenters. The highest BCUT2D eigenvalue weighted by molar-refractivity contribution is 6.00. The van der Waals surface area contributed by atoms with Gasteiger partial charge in [0, 0.05) is 13.0 Å². The Labute approximate surface area is 218 Å². The first-order valence-corrected chi connectivity index (χ1v) is 12.7. The van der Waals surface area contributed by atoms with E-state index < -0.39 is 0 Å². The van der Waals surface area contributed by atoms with Crippen molar-refractivity contribution < 1.29 is 5.11 Å². The van der Waals surface area contributed by atoms with Gasteiger partial charge in [-0.15, -0.1) is 0 Å². The van der Waals surface area contributed by atoms with Crippen LogP contribution < -0.4 is 0 Å². The van der Waals surface area contributed by atoms with E-state index in [0.717, 1.165) is 7.11 Å². The predicted molar refractivity (Wildman–Crippen MR) is 156 cm³/mol. The Morgan fingerprint density at radius 2 is 0.919 bits per heavy atom. The van der Waals surface area contributed by atoms with Crippen molar-refractivity contribution in [3.05, 3.63) is 156 Å². The molecule has 0 atom stereocenters. The molecule has 1 aliphatic rings. The number of aliphatic hydroxyl groups is 1. The number of rotatable bonds is 3. The molecular formula is C36H28O. The van der Waals surface area contributed by atoms with Crippen LogP contribution in [-0.2, 0) is 0 Å². The lowest BCUT2D eigenvalue weighted by Gasteiger charge is -2.21. The first-order valence-electron chi connectivity index (χ1n) is 12.7. The van der Waals surface area contributed by atoms with Gasteiger partial charge in [0.1, 0.15) is 0 Å². The monoisotopic (exact) mass is 476 g/mol. The zero-order chi connectivity index (χ0) is 25.2. The molecular weight excluding hydrogens is 448 g/mol. The van der Waals surface area contributed by atoms with Gasteiger partial charge >= 0.3 is 0 Å². The van der Waals surface area contributed by atoms with Gasteiger partial charge in [0.05, 0.1) is 0 Å². The Morgan fingerprint density at radius 3 is 1.59 bits per heavy atom. The lowest BCUT2D eigenvalue weighted by molar-refractivity contribution is 0.399. The minimum absolute atomic E-state index is 0.218. The van der Waals surface area contributed by atoms with Crippen LogP contribution in [0.15, 0.2) is 140 Å². The summed E-state index contributed by atoms with van der Waals surface area (Å²) < 4.78 is 0. The molecule has 0 aliphatic heterocycles. The summed E-state index contributed by atoms with van der Waals surface area (Å²) in [6, 6.07) is 50.9. The summed E-state index contributed by atoms with van der Waals surface area (Å²) >= 11 is 0. The van der Waals surface area contributed by atoms with E-state index in [1.165, 1.54) is 60.8 Å². The molecule has 6 aromatic carbocycles. The minimum atomic E-state index is 0.218. The van der Waals surface area contributed by atoms with Gasteiger partial charge in [0.2, 0.25) is 0 Å². The molecule has 1 aliphatic carbocycles. The molecule has 178 valence electrons. The number of benzene rings is 6. The Hall–Kier alpha value is -4.46. The van der Waals surface area contributed by atoms with Crippen molar-refractivity contribution in [1.29, 1.82) is 0 Å². The predicted octanol–water partition coefficient (Wildman–Crippen LogP) is 8.94. The summed E-state index contributed by atoms with van der Waals surface area (Å²) in [6.07, 6.45) is 0. The van der Waals surface area contributed by atoms with Crippen LogP contribution in [0.4, 0.5) is 0 Å². The number of fused-ring (bicyclic) bond motifs is 4. The zero-order valence-corrected chi connectivity index (χ0v) is 20.8. The van der Waals surface area contributed by atoms with Gasteiger partial charge in [0.15, 0.2) is 0 Å². The fourth-order valence-corrected chi connectivity index (χ4v) is 5.80. The van der Waals surface area contributed by atoms with Crippen molar-refractivity contribution in [1.82, 2.24) is 0 Å². The van der Waals surface area contributed by atoms with E-state index in [0.29, 0.717) is 0 Å². The Balaban J connectivity index is 0.00000123. The standard InChI is InChI=1S/C35H24.CH4O/c1-2-10-24(11-3-1)25-18-20-27(21-19-25)34-28-13-5-4-12-26(28)22-23-33(34)35-31-16-8-6-14-29(31)30-15-7-9-17-32(30)35;1-2/h1-23,35H;2H,1H3. The molecule has 0 aromatic heterocycles. The van der Waals surface area contributed by atoms with E-state index in [9.17, 15) is 0 Å². The van der Waals surface area contributed by atoms with Crippen LogP contribution in [0.2, 0.25) is 0 Å². The molecule has 37 heavy (non-hydrogen) atoms. The summed E-state index contributed by atoms with van der Waals surface area (Å²) in [4.78, 5) is 0. The molecule has 0 amide bonds. The van der Waals surface area contributed by atoms with E-state index in [4.69, 9.17) is 5.11 Å². The van der Waals surface area contributed by atoms with Crippen LogP contribution in [0.5, 0.6) is 0 Å². The summed E-state index contributed by atoms with van der Waals surface area (Å²) in [5.74, 6) is 0.218. The Kier molecular flexibility index (Phi) is 6.14. The van der Waals surface area contributed by atoms with E-state index in [2.05, 4.69) is 140 Å². The van der Waals surface area contributed by atoms with Crippen molar-refractivity contribution in [2.75, 3.05) is 7.11 Å². The summed E-state index contributed by atoms with van der Waals surface area (Å²) in [5.41, 5.74) is 11.9. The van der Waals surface area contributed by atoms with Gasteiger partial charge in [-0.25, -0.2) is 0 Å². The third kappa shape index (κ3) is 3.94. The van der Waals surface area contributed by atoms with E-state index in [1.54, 1.807) is 0 Å². The van der Waals surface area contributed by atoms with E-state index in [-0.39, 0.29) is 5.92 Å². The van der Waals surface area contributed by atoms with Crippen molar-refractivity contribution >= 4 is 10.8 Å². The molecule has 7 rings (SSSR count). The molecule has 0 saturated heterocycles. The SMILES string of the molecule is CO.c1ccc(-c2ccc(-c3c(C4c5ccccc5-c5ccccc54)ccc4ccccc34)cc2)cc1. The zero-order valence-electron chi connectivity index (χ0n) is 20.8. The second-order valence-electron chi connectivity index (χ2n) is 9.30. The van der Waals surface area contributed by atoms with Crippen molar-refractivity contribution in [3.8, 4) is 33.4 Å². The quantitative estimate of drug-likeness (QED) is 0.270. The minimum Gasteiger partial charge on any atom is -0.400 e. The van der Waals surface area contributed by atoms with Crippen molar-refractivity contribution in [3.63, 3.8) is 0 Å². The van der Waals surface area contributed by atoms with Crippen LogP contribution in [0, 0.1) is 0 Å². The van der Waals surface area contributed by atoms with Gasteiger partial charge in [-0.05, 0) is 60.8 Å². The highest BCUT2D eigenvalue weighted by atomic mass is 16.2. The Bertz CT molecular complexity index is 1630. The maximum Gasteiger partial charge on any atom is 0.0358 e. The van der Waals surface area contributed by atoms with Crippen LogP contribution >= 0.6 is 0 Å². The van der Waals surface area contributed by atoms with Gasteiger partial charge in [-0.2, -0.15) is 0 Å². The van der Waals surface area contributed by atoms with Crippen LogP contribution in [-0.4, -0.2) is 12.2 Å². The largest absolute Gasteiger partial charge is 0.400 e. The summed E-state index contributed by atoms with van der Waals surface area (Å²) in [5, 5.41) is 9.58. The summed E-state index contributed by atoms with van der Waals surface area (Å²) in [6.45, 7) is 0. The topological polar surface area (TPSA) is 20.2 Å². The number of hydrogen-bond acceptors (Lipinski definition) is 1. The van der Waals surface area contributed by atoms with Crippen molar-refractivity contribution in [2.24, 2.45) is 0 Å². The first kappa shape index (κ1) is 23.0.